The summed E-state index contributed by atoms with van der Waals surface area (Å²) in [5.74, 6) is 0.229. The van der Waals surface area contributed by atoms with Gasteiger partial charge in [-0.1, -0.05) is 31.5 Å². The van der Waals surface area contributed by atoms with Crippen molar-refractivity contribution in [2.24, 2.45) is 0 Å². The van der Waals surface area contributed by atoms with Crippen LogP contribution in [0.1, 0.15) is 34.8 Å². The van der Waals surface area contributed by atoms with Crippen molar-refractivity contribution in [3.63, 3.8) is 0 Å². The first-order valence-electron chi connectivity index (χ1n) is 7.58. The van der Waals surface area contributed by atoms with Gasteiger partial charge in [0, 0.05) is 12.2 Å². The van der Waals surface area contributed by atoms with Crippen molar-refractivity contribution in [3.8, 4) is 11.5 Å². The molecule has 0 heterocycles. The van der Waals surface area contributed by atoms with Gasteiger partial charge in [0.25, 0.3) is 5.91 Å². The summed E-state index contributed by atoms with van der Waals surface area (Å²) in [4.78, 5) is 12.3. The van der Waals surface area contributed by atoms with Gasteiger partial charge in [0.05, 0.1) is 12.7 Å². The van der Waals surface area contributed by atoms with E-state index in [0.717, 1.165) is 24.0 Å². The maximum Gasteiger partial charge on any atom is 0.253 e. The minimum absolute atomic E-state index is 0.0686. The zero-order valence-corrected chi connectivity index (χ0v) is 13.4. The number of nitrogens with two attached hydrogens (primary N) is 1. The molecule has 5 heteroatoms. The molecule has 2 aromatic carbocycles. The van der Waals surface area contributed by atoms with Crippen LogP contribution in [0.4, 0.5) is 5.69 Å². The summed E-state index contributed by atoms with van der Waals surface area (Å²) in [7, 11) is 1.48. The van der Waals surface area contributed by atoms with Gasteiger partial charge >= 0.3 is 0 Å². The molecule has 23 heavy (non-hydrogen) atoms. The van der Waals surface area contributed by atoms with E-state index in [-0.39, 0.29) is 11.7 Å². The molecular formula is C18H22N2O3. The molecule has 4 N–H and O–H groups in total. The molecule has 0 bridgehead atoms. The second-order valence-electron chi connectivity index (χ2n) is 5.32. The van der Waals surface area contributed by atoms with E-state index in [4.69, 9.17) is 10.5 Å². The van der Waals surface area contributed by atoms with Crippen LogP contribution in [0, 0.1) is 0 Å². The van der Waals surface area contributed by atoms with E-state index in [1.54, 1.807) is 18.2 Å². The van der Waals surface area contributed by atoms with Crippen LogP contribution in [-0.2, 0) is 13.0 Å². The maximum absolute atomic E-state index is 12.3. The lowest BCUT2D eigenvalue weighted by Crippen LogP contribution is -2.24. The number of ether oxygens (including phenoxy) is 1. The number of aromatic hydroxyl groups is 1. The lowest BCUT2D eigenvalue weighted by Gasteiger charge is -2.12. The second-order valence-corrected chi connectivity index (χ2v) is 5.32. The van der Waals surface area contributed by atoms with Crippen molar-refractivity contribution < 1.29 is 14.6 Å². The Morgan fingerprint density at radius 3 is 2.78 bits per heavy atom. The SMILES string of the molecule is CCCc1cccc(C(=O)NCc2ccc(O)c(OC)c2)c1N. The van der Waals surface area contributed by atoms with Crippen molar-refractivity contribution in [1.82, 2.24) is 5.32 Å². The topological polar surface area (TPSA) is 84.6 Å². The Kier molecular flexibility index (Phi) is 5.46. The average Bonchev–Trinajstić information content (AvgIpc) is 2.56. The van der Waals surface area contributed by atoms with Crippen LogP contribution in [0.25, 0.3) is 0 Å². The second kappa shape index (κ2) is 7.54. The highest BCUT2D eigenvalue weighted by Crippen LogP contribution is 2.26. The summed E-state index contributed by atoms with van der Waals surface area (Å²) in [5.41, 5.74) is 8.94. The first-order chi connectivity index (χ1) is 11.1. The van der Waals surface area contributed by atoms with Gasteiger partial charge in [0.2, 0.25) is 0 Å². The van der Waals surface area contributed by atoms with Crippen molar-refractivity contribution in [2.45, 2.75) is 26.3 Å². The van der Waals surface area contributed by atoms with E-state index in [1.807, 2.05) is 12.1 Å². The van der Waals surface area contributed by atoms with Crippen molar-refractivity contribution in [1.29, 1.82) is 0 Å². The number of hydrogen-bond donors (Lipinski definition) is 3. The zero-order valence-electron chi connectivity index (χ0n) is 13.4. The predicted molar refractivity (Wildman–Crippen MR) is 90.7 cm³/mol. The quantitative estimate of drug-likeness (QED) is 0.716. The van der Waals surface area contributed by atoms with Crippen molar-refractivity contribution in [2.75, 3.05) is 12.8 Å². The predicted octanol–water partition coefficient (Wildman–Crippen LogP) is 2.87. The molecule has 122 valence electrons. The number of aryl methyl sites for hydroxylation is 1. The van der Waals surface area contributed by atoms with Crippen LogP contribution < -0.4 is 15.8 Å². The molecular weight excluding hydrogens is 292 g/mol. The fourth-order valence-corrected chi connectivity index (χ4v) is 2.41. The summed E-state index contributed by atoms with van der Waals surface area (Å²) in [6.07, 6.45) is 1.82. The molecule has 0 unspecified atom stereocenters. The highest BCUT2D eigenvalue weighted by atomic mass is 16.5. The molecule has 0 aliphatic heterocycles. The molecule has 0 aromatic heterocycles. The van der Waals surface area contributed by atoms with E-state index in [0.29, 0.717) is 23.5 Å². The monoisotopic (exact) mass is 314 g/mol. The molecule has 1 amide bonds. The van der Waals surface area contributed by atoms with Gasteiger partial charge < -0.3 is 20.9 Å². The Hall–Kier alpha value is -2.69. The molecule has 0 saturated heterocycles. The molecule has 0 radical (unpaired) electrons. The number of nitrogens with one attached hydrogen (secondary N) is 1. The largest absolute Gasteiger partial charge is 0.504 e. The molecule has 5 nitrogen and oxygen atoms in total. The van der Waals surface area contributed by atoms with E-state index in [2.05, 4.69) is 12.2 Å². The number of methoxy groups -OCH3 is 1. The van der Waals surface area contributed by atoms with Gasteiger partial charge in [0.15, 0.2) is 11.5 Å². The van der Waals surface area contributed by atoms with E-state index < -0.39 is 0 Å². The Morgan fingerprint density at radius 2 is 2.09 bits per heavy atom. The highest BCUT2D eigenvalue weighted by Gasteiger charge is 2.12. The Morgan fingerprint density at radius 1 is 1.30 bits per heavy atom. The third kappa shape index (κ3) is 3.94. The fraction of sp³-hybridized carbons (Fsp3) is 0.278. The molecule has 0 atom stereocenters. The van der Waals surface area contributed by atoms with Gasteiger partial charge in [-0.15, -0.1) is 0 Å². The van der Waals surface area contributed by atoms with Gasteiger partial charge in [-0.3, -0.25) is 4.79 Å². The van der Waals surface area contributed by atoms with Crippen LogP contribution in [0.5, 0.6) is 11.5 Å². The van der Waals surface area contributed by atoms with Crippen LogP contribution in [0.2, 0.25) is 0 Å². The maximum atomic E-state index is 12.3. The lowest BCUT2D eigenvalue weighted by molar-refractivity contribution is 0.0951. The van der Waals surface area contributed by atoms with Gasteiger partial charge in [-0.25, -0.2) is 0 Å². The summed E-state index contributed by atoms with van der Waals surface area (Å²) in [5, 5.41) is 12.4. The number of carbonyl (C=O) groups is 1. The summed E-state index contributed by atoms with van der Waals surface area (Å²) >= 11 is 0. The van der Waals surface area contributed by atoms with Gasteiger partial charge in [-0.05, 0) is 35.7 Å². The fourth-order valence-electron chi connectivity index (χ4n) is 2.41. The number of rotatable bonds is 6. The van der Waals surface area contributed by atoms with Crippen LogP contribution in [0.3, 0.4) is 0 Å². The Bertz CT molecular complexity index is 699. The van der Waals surface area contributed by atoms with Crippen molar-refractivity contribution >= 4 is 11.6 Å². The third-order valence-corrected chi connectivity index (χ3v) is 3.66. The van der Waals surface area contributed by atoms with E-state index in [1.165, 1.54) is 13.2 Å². The number of carbonyl (C=O) groups excluding carboxylic acids is 1. The Balaban J connectivity index is 2.09. The number of benzene rings is 2. The summed E-state index contributed by atoms with van der Waals surface area (Å²) in [6, 6.07) is 10.5. The minimum Gasteiger partial charge on any atom is -0.504 e. The summed E-state index contributed by atoms with van der Waals surface area (Å²) < 4.78 is 5.06. The molecule has 2 aromatic rings. The highest BCUT2D eigenvalue weighted by molar-refractivity contribution is 5.99. The third-order valence-electron chi connectivity index (χ3n) is 3.66. The van der Waals surface area contributed by atoms with E-state index in [9.17, 15) is 9.90 Å². The molecule has 0 aliphatic rings. The zero-order chi connectivity index (χ0) is 16.8. The number of anilines is 1. The first kappa shape index (κ1) is 16.7. The van der Waals surface area contributed by atoms with Gasteiger partial charge in [-0.2, -0.15) is 0 Å². The average molecular weight is 314 g/mol. The molecule has 0 fully saturated rings. The van der Waals surface area contributed by atoms with E-state index >= 15 is 0 Å². The van der Waals surface area contributed by atoms with Crippen LogP contribution in [-0.4, -0.2) is 18.1 Å². The normalized spacial score (nSPS) is 10.3. The number of hydrogen-bond acceptors (Lipinski definition) is 4. The molecule has 0 aliphatic carbocycles. The number of para-hydroxylation sites is 1. The molecule has 2 rings (SSSR count). The summed E-state index contributed by atoms with van der Waals surface area (Å²) in [6.45, 7) is 2.40. The van der Waals surface area contributed by atoms with Crippen molar-refractivity contribution in [3.05, 3.63) is 53.1 Å². The minimum atomic E-state index is -0.215. The number of phenolic OH excluding ortho intramolecular Hbond substituents is 1. The van der Waals surface area contributed by atoms with Crippen LogP contribution >= 0.6 is 0 Å². The smallest absolute Gasteiger partial charge is 0.253 e. The van der Waals surface area contributed by atoms with Gasteiger partial charge in [0.1, 0.15) is 0 Å². The standard InChI is InChI=1S/C18H22N2O3/c1-3-5-13-6-4-7-14(17(13)19)18(22)20-11-12-8-9-15(21)16(10-12)23-2/h4,6-10,21H,3,5,11,19H2,1-2H3,(H,20,22). The lowest BCUT2D eigenvalue weighted by atomic mass is 10.0. The Labute approximate surface area is 136 Å². The number of nitrogen functional groups attached to an aromatic ring is 1. The number of phenols is 1. The molecule has 0 saturated carbocycles. The number of amides is 1. The molecule has 0 spiro atoms. The van der Waals surface area contributed by atoms with Crippen LogP contribution in [0.15, 0.2) is 36.4 Å². The first-order valence-corrected chi connectivity index (χ1v) is 7.58.